The Labute approximate surface area is 354 Å². The highest BCUT2D eigenvalue weighted by atomic mass is 32.1. The number of nitrogens with zero attached hydrogens (tertiary/aromatic N) is 3. The maximum atomic E-state index is 5.53. The van der Waals surface area contributed by atoms with E-state index in [-0.39, 0.29) is 0 Å². The fraction of sp³-hybridized carbons (Fsp3) is 0. The molecule has 5 heteroatoms. The Morgan fingerprint density at radius 2 is 0.683 bits per heavy atom. The summed E-state index contributed by atoms with van der Waals surface area (Å²) < 4.78 is 4.83. The highest BCUT2D eigenvalue weighted by Crippen LogP contribution is 2.46. The van der Waals surface area contributed by atoms with E-state index in [2.05, 4.69) is 200 Å². The van der Waals surface area contributed by atoms with Gasteiger partial charge in [-0.15, -0.1) is 22.7 Å². The molecule has 0 amide bonds. The zero-order chi connectivity index (χ0) is 39.6. The molecule has 0 aliphatic heterocycles. The second kappa shape index (κ2) is 14.2. The molecule has 0 radical (unpaired) electrons. The minimum atomic E-state index is 0.643. The molecule has 0 spiro atoms. The molecular weight excluding hydrogens is 767 g/mol. The summed E-state index contributed by atoms with van der Waals surface area (Å²) in [5, 5.41) is 7.13. The highest BCUT2D eigenvalue weighted by Gasteiger charge is 2.23. The summed E-state index contributed by atoms with van der Waals surface area (Å²) in [7, 11) is 0. The van der Waals surface area contributed by atoms with Gasteiger partial charge in [0.1, 0.15) is 0 Å². The maximum absolute atomic E-state index is 5.53. The van der Waals surface area contributed by atoms with Gasteiger partial charge in [-0.2, -0.15) is 0 Å². The van der Waals surface area contributed by atoms with Gasteiger partial charge in [-0.1, -0.05) is 170 Å². The Bertz CT molecular complexity index is 3460. The second-order valence-electron chi connectivity index (χ2n) is 15.1. The molecule has 0 atom stereocenters. The van der Waals surface area contributed by atoms with Crippen molar-refractivity contribution in [2.75, 3.05) is 0 Å². The third kappa shape index (κ3) is 5.74. The number of fused-ring (bicyclic) bond motifs is 7. The average molecular weight is 800 g/mol. The molecular formula is C55H33N3S2. The summed E-state index contributed by atoms with van der Waals surface area (Å²) >= 11 is 3.59. The van der Waals surface area contributed by atoms with Crippen LogP contribution in [0.2, 0.25) is 0 Å². The minimum Gasteiger partial charge on any atom is -0.208 e. The van der Waals surface area contributed by atoms with Crippen LogP contribution < -0.4 is 0 Å². The fourth-order valence-corrected chi connectivity index (χ4v) is 11.2. The number of aromatic nitrogens is 3. The van der Waals surface area contributed by atoms with Crippen molar-refractivity contribution in [1.29, 1.82) is 0 Å². The summed E-state index contributed by atoms with van der Waals surface area (Å²) in [6.45, 7) is 0. The van der Waals surface area contributed by atoms with Crippen LogP contribution in [-0.4, -0.2) is 15.0 Å². The molecule has 0 fully saturated rings. The lowest BCUT2D eigenvalue weighted by molar-refractivity contribution is 1.08. The van der Waals surface area contributed by atoms with Crippen LogP contribution in [0.15, 0.2) is 200 Å². The van der Waals surface area contributed by atoms with Crippen LogP contribution in [0.4, 0.5) is 0 Å². The monoisotopic (exact) mass is 799 g/mol. The molecule has 0 unspecified atom stereocenters. The average Bonchev–Trinajstić information content (AvgIpc) is 3.90. The molecule has 12 rings (SSSR count). The summed E-state index contributed by atoms with van der Waals surface area (Å²) in [4.78, 5) is 16.5. The van der Waals surface area contributed by atoms with E-state index in [1.807, 2.05) is 0 Å². The van der Waals surface area contributed by atoms with Crippen molar-refractivity contribution in [3.8, 4) is 67.5 Å². The van der Waals surface area contributed by atoms with Crippen LogP contribution in [0.1, 0.15) is 0 Å². The smallest absolute Gasteiger partial charge is 0.165 e. The highest BCUT2D eigenvalue weighted by molar-refractivity contribution is 7.26. The first-order valence-electron chi connectivity index (χ1n) is 20.1. The van der Waals surface area contributed by atoms with Gasteiger partial charge in [-0.25, -0.2) is 15.0 Å². The molecule has 12 aromatic rings. The predicted octanol–water partition coefficient (Wildman–Crippen LogP) is 15.8. The molecule has 60 heavy (non-hydrogen) atoms. The third-order valence-corrected chi connectivity index (χ3v) is 14.0. The molecule has 0 saturated heterocycles. The lowest BCUT2D eigenvalue weighted by atomic mass is 9.87. The third-order valence-electron chi connectivity index (χ3n) is 11.6. The van der Waals surface area contributed by atoms with Gasteiger partial charge in [0.15, 0.2) is 17.5 Å². The van der Waals surface area contributed by atoms with Crippen LogP contribution in [0.5, 0.6) is 0 Å². The van der Waals surface area contributed by atoms with Crippen molar-refractivity contribution in [2.45, 2.75) is 0 Å². The van der Waals surface area contributed by atoms with E-state index in [1.54, 1.807) is 22.7 Å². The van der Waals surface area contributed by atoms with E-state index in [4.69, 9.17) is 15.0 Å². The van der Waals surface area contributed by atoms with Gasteiger partial charge in [0.25, 0.3) is 0 Å². The van der Waals surface area contributed by atoms with Gasteiger partial charge in [0.05, 0.1) is 0 Å². The summed E-state index contributed by atoms with van der Waals surface area (Å²) in [5.41, 5.74) is 9.82. The van der Waals surface area contributed by atoms with Crippen molar-refractivity contribution in [2.24, 2.45) is 0 Å². The zero-order valence-corrected chi connectivity index (χ0v) is 33.8. The Morgan fingerprint density at radius 1 is 0.267 bits per heavy atom. The van der Waals surface area contributed by atoms with Gasteiger partial charge in [-0.05, 0) is 74.5 Å². The van der Waals surface area contributed by atoms with Gasteiger partial charge >= 0.3 is 0 Å². The Kier molecular flexibility index (Phi) is 8.22. The summed E-state index contributed by atoms with van der Waals surface area (Å²) in [6.07, 6.45) is 0. The minimum absolute atomic E-state index is 0.643. The van der Waals surface area contributed by atoms with Gasteiger partial charge in [0.2, 0.25) is 0 Å². The van der Waals surface area contributed by atoms with Crippen LogP contribution in [0, 0.1) is 0 Å². The van der Waals surface area contributed by atoms with Crippen LogP contribution in [-0.2, 0) is 0 Å². The van der Waals surface area contributed by atoms with Crippen LogP contribution in [0.25, 0.3) is 119 Å². The Hall–Kier alpha value is -7.31. The molecule has 280 valence electrons. The van der Waals surface area contributed by atoms with Crippen molar-refractivity contribution >= 4 is 73.8 Å². The van der Waals surface area contributed by atoms with Crippen molar-refractivity contribution < 1.29 is 0 Å². The number of hydrogen-bond donors (Lipinski definition) is 0. The van der Waals surface area contributed by atoms with Crippen LogP contribution in [0.3, 0.4) is 0 Å². The van der Waals surface area contributed by atoms with Crippen molar-refractivity contribution in [1.82, 2.24) is 15.0 Å². The molecule has 9 aromatic carbocycles. The molecule has 0 aliphatic rings. The van der Waals surface area contributed by atoms with E-state index in [0.29, 0.717) is 17.5 Å². The molecule has 0 saturated carbocycles. The van der Waals surface area contributed by atoms with Crippen LogP contribution >= 0.6 is 22.7 Å². The van der Waals surface area contributed by atoms with E-state index < -0.39 is 0 Å². The van der Waals surface area contributed by atoms with E-state index in [1.165, 1.54) is 51.5 Å². The Balaban J connectivity index is 1.17. The molecule has 0 bridgehead atoms. The SMILES string of the molecule is c1ccc(-c2ccc(-c3cc(-c4ccccc4)c4ccccc4c3-c3nc(-c4cccc5c4sc4ccccc45)nc(-c4cccc5c4sc4ccccc45)n3)cc2)cc1. The maximum Gasteiger partial charge on any atom is 0.165 e. The van der Waals surface area contributed by atoms with Gasteiger partial charge in [-0.3, -0.25) is 0 Å². The largest absolute Gasteiger partial charge is 0.208 e. The fourth-order valence-electron chi connectivity index (χ4n) is 8.75. The summed E-state index contributed by atoms with van der Waals surface area (Å²) in [6, 6.07) is 71.5. The van der Waals surface area contributed by atoms with E-state index >= 15 is 0 Å². The molecule has 3 aromatic heterocycles. The second-order valence-corrected chi connectivity index (χ2v) is 17.2. The standard InChI is InChI=1S/C55H33N3S2/c1-3-15-34(16-4-1)35-29-31-37(32-30-35)47-33-46(36-17-5-2-6-18-36)38-19-7-8-22-41(38)50(47)55-57-53(44-25-13-23-42-39-20-9-11-27-48(39)59-51(42)44)56-54(58-55)45-26-14-24-43-40-21-10-12-28-49(40)60-52(43)45/h1-33H. The number of benzene rings is 9. The number of hydrogen-bond acceptors (Lipinski definition) is 5. The Morgan fingerprint density at radius 3 is 1.27 bits per heavy atom. The topological polar surface area (TPSA) is 38.7 Å². The van der Waals surface area contributed by atoms with E-state index in [9.17, 15) is 0 Å². The van der Waals surface area contributed by atoms with Gasteiger partial charge < -0.3 is 0 Å². The zero-order valence-electron chi connectivity index (χ0n) is 32.2. The van der Waals surface area contributed by atoms with Crippen molar-refractivity contribution in [3.63, 3.8) is 0 Å². The summed E-state index contributed by atoms with van der Waals surface area (Å²) in [5.74, 6) is 1.96. The first-order chi connectivity index (χ1) is 29.7. The molecule has 0 aliphatic carbocycles. The predicted molar refractivity (Wildman–Crippen MR) is 256 cm³/mol. The lowest BCUT2D eigenvalue weighted by Crippen LogP contribution is -2.02. The van der Waals surface area contributed by atoms with Crippen molar-refractivity contribution in [3.05, 3.63) is 200 Å². The van der Waals surface area contributed by atoms with Gasteiger partial charge in [0, 0.05) is 57.0 Å². The number of thiophene rings is 2. The lowest BCUT2D eigenvalue weighted by Gasteiger charge is -2.18. The molecule has 0 N–H and O–H groups in total. The first-order valence-corrected chi connectivity index (χ1v) is 21.7. The first kappa shape index (κ1) is 34.7. The molecule has 3 heterocycles. The van der Waals surface area contributed by atoms with E-state index in [0.717, 1.165) is 49.7 Å². The number of rotatable bonds is 6. The molecule has 3 nitrogen and oxygen atoms in total. The quantitative estimate of drug-likeness (QED) is 0.168. The normalized spacial score (nSPS) is 11.7.